The Labute approximate surface area is 197 Å². The Hall–Kier alpha value is -3.79. The first-order valence-corrected chi connectivity index (χ1v) is 11.0. The minimum Gasteiger partial charge on any atom is -0.497 e. The quantitative estimate of drug-likeness (QED) is 0.172. The third kappa shape index (κ3) is 5.96. The van der Waals surface area contributed by atoms with Gasteiger partial charge in [-0.2, -0.15) is 18.3 Å². The van der Waals surface area contributed by atoms with Gasteiger partial charge in [0.25, 0.3) is 0 Å². The smallest absolute Gasteiger partial charge is 0.416 e. The number of nitrogens with one attached hydrogen (secondary N) is 1. The third-order valence-corrected chi connectivity index (χ3v) is 5.59. The summed E-state index contributed by atoms with van der Waals surface area (Å²) < 4.78 is 56.0. The molecule has 3 aromatic carbocycles. The number of benzene rings is 3. The van der Waals surface area contributed by atoms with Crippen molar-refractivity contribution >= 4 is 32.9 Å². The number of alkyl halides is 3. The van der Waals surface area contributed by atoms with Crippen LogP contribution in [0, 0.1) is 0 Å². The molecular formula is C24H20F3N3O3S. The summed E-state index contributed by atoms with van der Waals surface area (Å²) >= 11 is 1.48. The number of fused-ring (bicyclic) bond motifs is 1. The normalized spacial score (nSPS) is 11.6. The van der Waals surface area contributed by atoms with E-state index < -0.39 is 11.7 Å². The predicted molar refractivity (Wildman–Crippen MR) is 126 cm³/mol. The number of rotatable bonds is 9. The van der Waals surface area contributed by atoms with Crippen LogP contribution >= 0.6 is 11.3 Å². The van der Waals surface area contributed by atoms with Gasteiger partial charge in [0.1, 0.15) is 30.5 Å². The first-order valence-electron chi connectivity index (χ1n) is 10.2. The van der Waals surface area contributed by atoms with Crippen LogP contribution in [0.5, 0.6) is 17.2 Å². The largest absolute Gasteiger partial charge is 0.497 e. The molecule has 1 heterocycles. The Kier molecular flexibility index (Phi) is 7.17. The highest BCUT2D eigenvalue weighted by atomic mass is 32.1. The van der Waals surface area contributed by atoms with Gasteiger partial charge >= 0.3 is 6.18 Å². The summed E-state index contributed by atoms with van der Waals surface area (Å²) in [6.45, 7) is 0.183. The van der Waals surface area contributed by atoms with Gasteiger partial charge in [0, 0.05) is 5.56 Å². The second-order valence-electron chi connectivity index (χ2n) is 6.98. The predicted octanol–water partition coefficient (Wildman–Crippen LogP) is 6.23. The van der Waals surface area contributed by atoms with Crippen molar-refractivity contribution in [1.82, 2.24) is 4.98 Å². The highest BCUT2D eigenvalue weighted by Gasteiger charge is 2.30. The minimum atomic E-state index is -4.42. The fraction of sp³-hybridized carbons (Fsp3) is 0.167. The molecule has 0 fully saturated rings. The average molecular weight is 488 g/mol. The van der Waals surface area contributed by atoms with Crippen LogP contribution in [0.15, 0.2) is 71.8 Å². The maximum atomic E-state index is 12.8. The van der Waals surface area contributed by atoms with E-state index in [1.54, 1.807) is 31.5 Å². The lowest BCUT2D eigenvalue weighted by atomic mass is 10.2. The van der Waals surface area contributed by atoms with Gasteiger partial charge in [0.15, 0.2) is 0 Å². The zero-order valence-corrected chi connectivity index (χ0v) is 18.8. The second kappa shape index (κ2) is 10.4. The number of hydrogen-bond donors (Lipinski definition) is 1. The van der Waals surface area contributed by atoms with Crippen LogP contribution in [-0.4, -0.2) is 31.5 Å². The van der Waals surface area contributed by atoms with E-state index in [0.717, 1.165) is 22.3 Å². The summed E-state index contributed by atoms with van der Waals surface area (Å²) in [5.41, 5.74) is 3.68. The maximum absolute atomic E-state index is 12.8. The molecule has 1 N–H and O–H groups in total. The summed E-state index contributed by atoms with van der Waals surface area (Å²) in [6.07, 6.45) is -2.84. The van der Waals surface area contributed by atoms with E-state index in [-0.39, 0.29) is 19.0 Å². The van der Waals surface area contributed by atoms with Gasteiger partial charge in [0.05, 0.1) is 29.1 Å². The van der Waals surface area contributed by atoms with Crippen LogP contribution < -0.4 is 19.6 Å². The van der Waals surface area contributed by atoms with Crippen LogP contribution in [0.4, 0.5) is 18.3 Å². The lowest BCUT2D eigenvalue weighted by Crippen LogP contribution is -2.11. The monoisotopic (exact) mass is 487 g/mol. The zero-order chi connectivity index (χ0) is 24.0. The molecule has 0 unspecified atom stereocenters. The maximum Gasteiger partial charge on any atom is 0.416 e. The Bertz CT molecular complexity index is 1260. The molecule has 1 aromatic heterocycles. The summed E-state index contributed by atoms with van der Waals surface area (Å²) in [5, 5.41) is 4.90. The van der Waals surface area contributed by atoms with Crippen molar-refractivity contribution in [2.45, 2.75) is 6.18 Å². The fourth-order valence-electron chi connectivity index (χ4n) is 3.04. The van der Waals surface area contributed by atoms with Crippen molar-refractivity contribution in [3.63, 3.8) is 0 Å². The SMILES string of the molecule is COc1ccc(OCCOc2cccc(C(F)(F)F)c2)c(/C=N\Nc2nc3ccccc3s2)c1. The van der Waals surface area contributed by atoms with E-state index in [9.17, 15) is 13.2 Å². The van der Waals surface area contributed by atoms with Gasteiger partial charge in [-0.3, -0.25) is 5.43 Å². The van der Waals surface area contributed by atoms with Gasteiger partial charge in [0.2, 0.25) is 5.13 Å². The number of hydrogen-bond acceptors (Lipinski definition) is 7. The van der Waals surface area contributed by atoms with E-state index >= 15 is 0 Å². The molecule has 0 aliphatic heterocycles. The lowest BCUT2D eigenvalue weighted by molar-refractivity contribution is -0.137. The van der Waals surface area contributed by atoms with Crippen molar-refractivity contribution in [2.75, 3.05) is 25.7 Å². The third-order valence-electron chi connectivity index (χ3n) is 4.65. The molecule has 4 rings (SSSR count). The van der Waals surface area contributed by atoms with E-state index in [0.29, 0.717) is 22.2 Å². The highest BCUT2D eigenvalue weighted by molar-refractivity contribution is 7.22. The van der Waals surface area contributed by atoms with Crippen LogP contribution in [0.25, 0.3) is 10.2 Å². The summed E-state index contributed by atoms with van der Waals surface area (Å²) in [5.74, 6) is 1.26. The molecule has 0 spiro atoms. The first-order chi connectivity index (χ1) is 16.4. The van der Waals surface area contributed by atoms with E-state index in [2.05, 4.69) is 15.5 Å². The number of halogens is 3. The molecule has 6 nitrogen and oxygen atoms in total. The number of aromatic nitrogens is 1. The van der Waals surface area contributed by atoms with Crippen molar-refractivity contribution in [3.05, 3.63) is 77.9 Å². The molecule has 0 aliphatic rings. The summed E-state index contributed by atoms with van der Waals surface area (Å²) in [7, 11) is 1.55. The van der Waals surface area contributed by atoms with Crippen LogP contribution in [0.3, 0.4) is 0 Å². The van der Waals surface area contributed by atoms with Crippen molar-refractivity contribution in [3.8, 4) is 17.2 Å². The number of methoxy groups -OCH3 is 1. The molecule has 0 atom stereocenters. The summed E-state index contributed by atoms with van der Waals surface area (Å²) in [4.78, 5) is 4.46. The van der Waals surface area contributed by atoms with Crippen molar-refractivity contribution in [1.29, 1.82) is 0 Å². The number of para-hydroxylation sites is 1. The fourth-order valence-corrected chi connectivity index (χ4v) is 3.85. The number of anilines is 1. The van der Waals surface area contributed by atoms with Gasteiger partial charge < -0.3 is 14.2 Å². The van der Waals surface area contributed by atoms with Crippen molar-refractivity contribution < 1.29 is 27.4 Å². The summed E-state index contributed by atoms with van der Waals surface area (Å²) in [6, 6.07) is 17.7. The van der Waals surface area contributed by atoms with E-state index in [1.807, 2.05) is 24.3 Å². The molecule has 4 aromatic rings. The van der Waals surface area contributed by atoms with Crippen LogP contribution in [0.1, 0.15) is 11.1 Å². The number of thiazole rings is 1. The van der Waals surface area contributed by atoms with E-state index in [1.165, 1.54) is 23.5 Å². The van der Waals surface area contributed by atoms with Crippen molar-refractivity contribution in [2.24, 2.45) is 5.10 Å². The van der Waals surface area contributed by atoms with Gasteiger partial charge in [-0.15, -0.1) is 0 Å². The van der Waals surface area contributed by atoms with Crippen LogP contribution in [0.2, 0.25) is 0 Å². The second-order valence-corrected chi connectivity index (χ2v) is 8.01. The Balaban J connectivity index is 1.38. The molecule has 176 valence electrons. The Morgan fingerprint density at radius 2 is 1.79 bits per heavy atom. The molecule has 0 aliphatic carbocycles. The lowest BCUT2D eigenvalue weighted by Gasteiger charge is -2.12. The molecule has 0 saturated heterocycles. The molecule has 0 radical (unpaired) electrons. The topological polar surface area (TPSA) is 65.0 Å². The minimum absolute atomic E-state index is 0.0634. The molecule has 10 heteroatoms. The highest BCUT2D eigenvalue weighted by Crippen LogP contribution is 2.31. The standard InChI is InChI=1S/C24H20F3N3O3S/c1-31-18-9-10-21(33-12-11-32-19-6-4-5-17(14-19)24(25,26)27)16(13-18)15-28-30-23-29-20-7-2-3-8-22(20)34-23/h2-10,13-15H,11-12H2,1H3,(H,29,30)/b28-15-. The van der Waals surface area contributed by atoms with Gasteiger partial charge in [-0.25, -0.2) is 4.98 Å². The Morgan fingerprint density at radius 1 is 0.971 bits per heavy atom. The number of hydrazone groups is 1. The zero-order valence-electron chi connectivity index (χ0n) is 18.0. The number of nitrogens with zero attached hydrogens (tertiary/aromatic N) is 2. The molecular weight excluding hydrogens is 467 g/mol. The molecule has 0 amide bonds. The van der Waals surface area contributed by atoms with E-state index in [4.69, 9.17) is 14.2 Å². The number of ether oxygens (including phenoxy) is 3. The van der Waals surface area contributed by atoms with Crippen LogP contribution in [-0.2, 0) is 6.18 Å². The molecule has 0 bridgehead atoms. The molecule has 0 saturated carbocycles. The Morgan fingerprint density at radius 3 is 2.59 bits per heavy atom. The first kappa shape index (κ1) is 23.4. The average Bonchev–Trinajstić information content (AvgIpc) is 3.25. The van der Waals surface area contributed by atoms with Gasteiger partial charge in [-0.1, -0.05) is 29.5 Å². The van der Waals surface area contributed by atoms with Gasteiger partial charge in [-0.05, 0) is 48.5 Å². The molecule has 34 heavy (non-hydrogen) atoms.